The molecule has 0 fully saturated rings. The highest BCUT2D eigenvalue weighted by Gasteiger charge is 2.18. The summed E-state index contributed by atoms with van der Waals surface area (Å²) >= 11 is 0. The number of rotatable bonds is 2. The van der Waals surface area contributed by atoms with Crippen molar-refractivity contribution in [3.8, 4) is 0 Å². The predicted molar refractivity (Wildman–Crippen MR) is 69.8 cm³/mol. The Bertz CT molecular complexity index is 610. The van der Waals surface area contributed by atoms with E-state index in [4.69, 9.17) is 4.18 Å². The van der Waals surface area contributed by atoms with E-state index in [1.54, 1.807) is 30.4 Å². The van der Waals surface area contributed by atoms with E-state index < -0.39 is 10.1 Å². The molecule has 0 aliphatic carbocycles. The molecule has 94 valence electrons. The van der Waals surface area contributed by atoms with Crippen molar-refractivity contribution in [1.29, 1.82) is 0 Å². The summed E-state index contributed by atoms with van der Waals surface area (Å²) in [6.45, 7) is 1.89. The maximum absolute atomic E-state index is 12.0. The maximum Gasteiger partial charge on any atom is 0.340 e. The first-order valence-corrected chi connectivity index (χ1v) is 6.88. The summed E-state index contributed by atoms with van der Waals surface area (Å²) in [6.07, 6.45) is 7.15. The molecule has 1 aliphatic rings. The molecule has 0 spiro atoms. The number of hydrogen-bond donors (Lipinski definition) is 0. The van der Waals surface area contributed by atoms with Gasteiger partial charge in [0.1, 0.15) is 4.90 Å². The van der Waals surface area contributed by atoms with Gasteiger partial charge >= 0.3 is 10.1 Å². The van der Waals surface area contributed by atoms with Gasteiger partial charge in [-0.15, -0.1) is 0 Å². The minimum absolute atomic E-state index is 0.132. The Morgan fingerprint density at radius 2 is 1.89 bits per heavy atom. The van der Waals surface area contributed by atoms with Gasteiger partial charge in [0, 0.05) is 12.6 Å². The van der Waals surface area contributed by atoms with Gasteiger partial charge < -0.3 is 4.18 Å². The largest absolute Gasteiger partial charge is 0.363 e. The van der Waals surface area contributed by atoms with Gasteiger partial charge in [-0.3, -0.25) is 0 Å². The van der Waals surface area contributed by atoms with Crippen LogP contribution in [0.5, 0.6) is 0 Å². The van der Waals surface area contributed by atoms with Crippen molar-refractivity contribution in [2.75, 3.05) is 0 Å². The summed E-state index contributed by atoms with van der Waals surface area (Å²) in [5.41, 5.74) is 0.992. The molecule has 1 aromatic rings. The zero-order valence-electron chi connectivity index (χ0n) is 9.91. The molecule has 0 saturated carbocycles. The van der Waals surface area contributed by atoms with Gasteiger partial charge in [-0.1, -0.05) is 29.8 Å². The Morgan fingerprint density at radius 1 is 1.17 bits per heavy atom. The van der Waals surface area contributed by atoms with Crippen molar-refractivity contribution in [2.24, 2.45) is 4.99 Å². The first-order valence-electron chi connectivity index (χ1n) is 5.47. The van der Waals surface area contributed by atoms with Crippen LogP contribution in [0.4, 0.5) is 0 Å². The van der Waals surface area contributed by atoms with Crippen molar-refractivity contribution in [3.05, 3.63) is 54.3 Å². The summed E-state index contributed by atoms with van der Waals surface area (Å²) in [5.74, 6) is 0.167. The Hall–Kier alpha value is -1.88. The summed E-state index contributed by atoms with van der Waals surface area (Å²) < 4.78 is 28.9. The lowest BCUT2D eigenvalue weighted by Crippen LogP contribution is -2.12. The second kappa shape index (κ2) is 5.18. The van der Waals surface area contributed by atoms with Crippen LogP contribution in [-0.2, 0) is 14.3 Å². The molecule has 0 atom stereocenters. The molecule has 0 unspecified atom stereocenters. The molecular weight excluding hydrogens is 250 g/mol. The maximum atomic E-state index is 12.0. The number of aryl methyl sites for hydroxylation is 1. The first kappa shape index (κ1) is 12.6. The van der Waals surface area contributed by atoms with Gasteiger partial charge in [-0.2, -0.15) is 8.42 Å². The van der Waals surface area contributed by atoms with Crippen LogP contribution in [0.1, 0.15) is 12.0 Å². The minimum atomic E-state index is -3.79. The second-order valence-corrected chi connectivity index (χ2v) is 5.39. The molecule has 1 aromatic carbocycles. The van der Waals surface area contributed by atoms with E-state index in [1.807, 2.05) is 6.92 Å². The summed E-state index contributed by atoms with van der Waals surface area (Å²) in [5, 5.41) is 0. The SMILES string of the molecule is Cc1ccc(S(=O)(=O)OC2=NC=CC=CC2)cc1. The van der Waals surface area contributed by atoms with Crippen molar-refractivity contribution >= 4 is 16.0 Å². The lowest BCUT2D eigenvalue weighted by molar-refractivity contribution is 0.477. The third-order valence-corrected chi connectivity index (χ3v) is 3.62. The third-order valence-electron chi connectivity index (χ3n) is 2.36. The topological polar surface area (TPSA) is 55.7 Å². The van der Waals surface area contributed by atoms with Crippen LogP contribution < -0.4 is 0 Å². The molecule has 0 N–H and O–H groups in total. The van der Waals surface area contributed by atoms with Crippen molar-refractivity contribution in [2.45, 2.75) is 18.2 Å². The van der Waals surface area contributed by atoms with E-state index in [0.29, 0.717) is 6.42 Å². The molecule has 0 saturated heterocycles. The smallest absolute Gasteiger partial charge is 0.340 e. The molecule has 1 aliphatic heterocycles. The summed E-state index contributed by atoms with van der Waals surface area (Å²) in [4.78, 5) is 4.06. The van der Waals surface area contributed by atoms with Crippen LogP contribution in [0.15, 0.2) is 58.6 Å². The molecule has 4 nitrogen and oxygen atoms in total. The monoisotopic (exact) mass is 263 g/mol. The Labute approximate surface area is 106 Å². The van der Waals surface area contributed by atoms with Gasteiger partial charge in [0.25, 0.3) is 0 Å². The van der Waals surface area contributed by atoms with E-state index in [1.165, 1.54) is 18.3 Å². The van der Waals surface area contributed by atoms with E-state index >= 15 is 0 Å². The molecular formula is C13H13NO3S. The highest BCUT2D eigenvalue weighted by molar-refractivity contribution is 7.87. The number of hydrogen-bond acceptors (Lipinski definition) is 4. The van der Waals surface area contributed by atoms with Gasteiger partial charge in [-0.25, -0.2) is 4.99 Å². The molecule has 18 heavy (non-hydrogen) atoms. The quantitative estimate of drug-likeness (QED) is 0.770. The van der Waals surface area contributed by atoms with E-state index in [2.05, 4.69) is 4.99 Å². The van der Waals surface area contributed by atoms with Gasteiger partial charge in [-0.05, 0) is 25.1 Å². The third kappa shape index (κ3) is 3.07. The number of nitrogens with zero attached hydrogens (tertiary/aromatic N) is 1. The molecule has 5 heteroatoms. The van der Waals surface area contributed by atoms with Crippen molar-refractivity contribution in [1.82, 2.24) is 0 Å². The van der Waals surface area contributed by atoms with Gasteiger partial charge in [0.05, 0.1) is 0 Å². The molecule has 0 bridgehead atoms. The zero-order valence-corrected chi connectivity index (χ0v) is 10.7. The Morgan fingerprint density at radius 3 is 2.61 bits per heavy atom. The number of aliphatic imine (C=N–C) groups is 1. The Kier molecular flexibility index (Phi) is 3.62. The van der Waals surface area contributed by atoms with Crippen LogP contribution >= 0.6 is 0 Å². The number of benzene rings is 1. The van der Waals surface area contributed by atoms with Crippen molar-refractivity contribution < 1.29 is 12.6 Å². The highest BCUT2D eigenvalue weighted by atomic mass is 32.2. The standard InChI is InChI=1S/C13H13NO3S/c1-11-6-8-12(9-7-11)18(15,16)17-13-5-3-2-4-10-14-13/h2-4,6-10H,5H2,1H3. The second-order valence-electron chi connectivity index (χ2n) is 3.85. The highest BCUT2D eigenvalue weighted by Crippen LogP contribution is 2.15. The van der Waals surface area contributed by atoms with Crippen LogP contribution in [0.2, 0.25) is 0 Å². The predicted octanol–water partition coefficient (Wildman–Crippen LogP) is 2.57. The zero-order chi connectivity index (χ0) is 13.0. The Balaban J connectivity index is 2.22. The molecule has 0 radical (unpaired) electrons. The molecule has 1 heterocycles. The van der Waals surface area contributed by atoms with Gasteiger partial charge in [0.15, 0.2) is 0 Å². The fraction of sp³-hybridized carbons (Fsp3) is 0.154. The fourth-order valence-corrected chi connectivity index (χ4v) is 2.34. The lowest BCUT2D eigenvalue weighted by atomic mass is 10.2. The van der Waals surface area contributed by atoms with Crippen LogP contribution in [-0.4, -0.2) is 14.3 Å². The lowest BCUT2D eigenvalue weighted by Gasteiger charge is -2.07. The summed E-state index contributed by atoms with van der Waals surface area (Å²) in [6, 6.07) is 6.50. The molecule has 2 rings (SSSR count). The fourth-order valence-electron chi connectivity index (χ4n) is 1.41. The van der Waals surface area contributed by atoms with Gasteiger partial charge in [0.2, 0.25) is 5.90 Å². The van der Waals surface area contributed by atoms with E-state index in [9.17, 15) is 8.42 Å². The first-order chi connectivity index (χ1) is 8.58. The van der Waals surface area contributed by atoms with Crippen molar-refractivity contribution in [3.63, 3.8) is 0 Å². The molecule has 0 amide bonds. The average molecular weight is 263 g/mol. The summed E-state index contributed by atoms with van der Waals surface area (Å²) in [7, 11) is -3.79. The van der Waals surface area contributed by atoms with Crippen LogP contribution in [0.3, 0.4) is 0 Å². The molecule has 0 aromatic heterocycles. The number of allylic oxidation sites excluding steroid dienone is 2. The normalized spacial score (nSPS) is 15.1. The van der Waals surface area contributed by atoms with E-state index in [-0.39, 0.29) is 10.8 Å². The van der Waals surface area contributed by atoms with E-state index in [0.717, 1.165) is 5.56 Å². The van der Waals surface area contributed by atoms with Crippen LogP contribution in [0, 0.1) is 6.92 Å². The minimum Gasteiger partial charge on any atom is -0.363 e. The average Bonchev–Trinajstić information content (AvgIpc) is 2.57. The van der Waals surface area contributed by atoms with Crippen LogP contribution in [0.25, 0.3) is 0 Å².